The van der Waals surface area contributed by atoms with E-state index in [9.17, 15) is 5.26 Å². The Labute approximate surface area is 118 Å². The fourth-order valence-electron chi connectivity index (χ4n) is 3.00. The van der Waals surface area contributed by atoms with Crippen LogP contribution in [0.1, 0.15) is 40.7 Å². The summed E-state index contributed by atoms with van der Waals surface area (Å²) in [4.78, 5) is 1.43. The van der Waals surface area contributed by atoms with Crippen molar-refractivity contribution in [2.75, 3.05) is 0 Å². The van der Waals surface area contributed by atoms with Gasteiger partial charge in [0.25, 0.3) is 0 Å². The van der Waals surface area contributed by atoms with Crippen LogP contribution in [-0.4, -0.2) is 4.57 Å². The average molecular weight is 270 g/mol. The van der Waals surface area contributed by atoms with E-state index < -0.39 is 0 Å². The van der Waals surface area contributed by atoms with Gasteiger partial charge in [0, 0.05) is 16.3 Å². The highest BCUT2D eigenvalue weighted by molar-refractivity contribution is 7.15. The number of rotatable bonds is 1. The van der Waals surface area contributed by atoms with Crippen molar-refractivity contribution >= 4 is 11.3 Å². The number of nitriles is 1. The van der Waals surface area contributed by atoms with Crippen LogP contribution in [0.3, 0.4) is 0 Å². The molecule has 98 valence electrons. The zero-order chi connectivity index (χ0) is 13.6. The number of aryl methyl sites for hydroxylation is 2. The van der Waals surface area contributed by atoms with Crippen molar-refractivity contribution in [2.45, 2.75) is 40.0 Å². The van der Waals surface area contributed by atoms with Gasteiger partial charge in [0.2, 0.25) is 0 Å². The van der Waals surface area contributed by atoms with Crippen LogP contribution in [-0.2, 0) is 12.8 Å². The molecule has 3 heteroatoms. The minimum absolute atomic E-state index is 0.748. The first-order valence-corrected chi connectivity index (χ1v) is 7.63. The molecule has 0 N–H and O–H groups in total. The Morgan fingerprint density at radius 3 is 2.63 bits per heavy atom. The summed E-state index contributed by atoms with van der Waals surface area (Å²) in [6.45, 7) is 6.52. The van der Waals surface area contributed by atoms with E-state index in [1.54, 1.807) is 0 Å². The number of hydrogen-bond donors (Lipinski definition) is 0. The summed E-state index contributed by atoms with van der Waals surface area (Å²) in [6.07, 6.45) is 3.41. The smallest absolute Gasteiger partial charge is 0.118 e. The molecule has 0 unspecified atom stereocenters. The lowest BCUT2D eigenvalue weighted by Crippen LogP contribution is -2.09. The molecule has 1 atom stereocenters. The van der Waals surface area contributed by atoms with Gasteiger partial charge in [0.1, 0.15) is 11.1 Å². The molecule has 1 aliphatic rings. The highest BCUT2D eigenvalue weighted by Crippen LogP contribution is 2.39. The summed E-state index contributed by atoms with van der Waals surface area (Å²) in [6, 6.07) is 6.70. The first kappa shape index (κ1) is 12.5. The quantitative estimate of drug-likeness (QED) is 0.765. The third kappa shape index (κ3) is 1.91. The largest absolute Gasteiger partial charge is 0.309 e. The van der Waals surface area contributed by atoms with Gasteiger partial charge in [0.05, 0.1) is 5.56 Å². The van der Waals surface area contributed by atoms with E-state index >= 15 is 0 Å². The molecule has 0 saturated carbocycles. The van der Waals surface area contributed by atoms with Gasteiger partial charge < -0.3 is 4.57 Å². The van der Waals surface area contributed by atoms with Crippen LogP contribution < -0.4 is 0 Å². The van der Waals surface area contributed by atoms with Crippen molar-refractivity contribution in [3.8, 4) is 11.1 Å². The maximum absolute atomic E-state index is 9.55. The van der Waals surface area contributed by atoms with E-state index in [0.717, 1.165) is 29.3 Å². The van der Waals surface area contributed by atoms with Crippen LogP contribution in [0.25, 0.3) is 5.00 Å². The van der Waals surface area contributed by atoms with Crippen LogP contribution in [0.5, 0.6) is 0 Å². The molecule has 2 aromatic rings. The van der Waals surface area contributed by atoms with E-state index in [1.165, 1.54) is 28.2 Å². The first-order chi connectivity index (χ1) is 9.11. The topological polar surface area (TPSA) is 28.7 Å². The minimum Gasteiger partial charge on any atom is -0.309 e. The Morgan fingerprint density at radius 2 is 2.00 bits per heavy atom. The highest BCUT2D eigenvalue weighted by atomic mass is 32.1. The Morgan fingerprint density at radius 1 is 1.32 bits per heavy atom. The molecule has 2 aromatic heterocycles. The summed E-state index contributed by atoms with van der Waals surface area (Å²) in [7, 11) is 0. The Kier molecular flexibility index (Phi) is 2.99. The standard InChI is InChI=1S/C16H18N2S/c1-10-4-7-13-14(9-17)16(19-15(13)8-10)18-11(2)5-6-12(18)3/h5-6,10H,4,7-8H2,1-3H3/t10-/m1/s1. The van der Waals surface area contributed by atoms with E-state index in [4.69, 9.17) is 0 Å². The molecule has 0 amide bonds. The fourth-order valence-corrected chi connectivity index (χ4v) is 4.58. The lowest BCUT2D eigenvalue weighted by atomic mass is 9.88. The SMILES string of the molecule is Cc1ccc(C)n1-c1sc2c(c1C#N)CC[C@@H](C)C2. The van der Waals surface area contributed by atoms with Crippen molar-refractivity contribution in [3.63, 3.8) is 0 Å². The van der Waals surface area contributed by atoms with Gasteiger partial charge in [-0.25, -0.2) is 0 Å². The Balaban J connectivity index is 2.21. The molecule has 2 nitrogen and oxygen atoms in total. The molecule has 0 bridgehead atoms. The van der Waals surface area contributed by atoms with Gasteiger partial charge in [0.15, 0.2) is 0 Å². The molecule has 0 aromatic carbocycles. The second kappa shape index (κ2) is 4.54. The van der Waals surface area contributed by atoms with Gasteiger partial charge in [-0.05, 0) is 56.7 Å². The Bertz CT molecular complexity index is 650. The van der Waals surface area contributed by atoms with Gasteiger partial charge in [-0.2, -0.15) is 5.26 Å². The van der Waals surface area contributed by atoms with Crippen molar-refractivity contribution in [1.29, 1.82) is 5.26 Å². The zero-order valence-corrected chi connectivity index (χ0v) is 12.5. The number of fused-ring (bicyclic) bond motifs is 1. The predicted octanol–water partition coefficient (Wildman–Crippen LogP) is 4.15. The van der Waals surface area contributed by atoms with E-state index in [0.29, 0.717) is 0 Å². The van der Waals surface area contributed by atoms with Gasteiger partial charge >= 0.3 is 0 Å². The van der Waals surface area contributed by atoms with Crippen molar-refractivity contribution in [3.05, 3.63) is 39.5 Å². The summed E-state index contributed by atoms with van der Waals surface area (Å²) < 4.78 is 2.23. The van der Waals surface area contributed by atoms with Crippen LogP contribution in [0.4, 0.5) is 0 Å². The summed E-state index contributed by atoms with van der Waals surface area (Å²) in [5.74, 6) is 0.748. The summed E-state index contributed by atoms with van der Waals surface area (Å²) in [5, 5.41) is 10.7. The number of nitrogens with zero attached hydrogens (tertiary/aromatic N) is 2. The average Bonchev–Trinajstić information content (AvgIpc) is 2.88. The molecule has 3 rings (SSSR count). The molecule has 0 radical (unpaired) electrons. The third-order valence-electron chi connectivity index (χ3n) is 4.08. The van der Waals surface area contributed by atoms with Crippen molar-refractivity contribution in [2.24, 2.45) is 5.92 Å². The molecule has 0 saturated heterocycles. The number of hydrogen-bond acceptors (Lipinski definition) is 2. The van der Waals surface area contributed by atoms with Crippen LogP contribution in [0.2, 0.25) is 0 Å². The second-order valence-electron chi connectivity index (χ2n) is 5.60. The summed E-state index contributed by atoms with van der Waals surface area (Å²) >= 11 is 1.82. The molecule has 19 heavy (non-hydrogen) atoms. The van der Waals surface area contributed by atoms with Gasteiger partial charge in [-0.1, -0.05) is 6.92 Å². The molecule has 0 spiro atoms. The molecular weight excluding hydrogens is 252 g/mol. The maximum Gasteiger partial charge on any atom is 0.118 e. The predicted molar refractivity (Wildman–Crippen MR) is 79.0 cm³/mol. The molecule has 0 aliphatic heterocycles. The van der Waals surface area contributed by atoms with E-state index in [2.05, 4.69) is 43.5 Å². The van der Waals surface area contributed by atoms with Crippen LogP contribution in [0.15, 0.2) is 12.1 Å². The van der Waals surface area contributed by atoms with Gasteiger partial charge in [-0.15, -0.1) is 11.3 Å². The number of aromatic nitrogens is 1. The molecule has 2 heterocycles. The van der Waals surface area contributed by atoms with Crippen molar-refractivity contribution < 1.29 is 0 Å². The third-order valence-corrected chi connectivity index (χ3v) is 5.32. The molecular formula is C16H18N2S. The lowest BCUT2D eigenvalue weighted by molar-refractivity contribution is 0.507. The molecule has 1 aliphatic carbocycles. The fraction of sp³-hybridized carbons (Fsp3) is 0.438. The zero-order valence-electron chi connectivity index (χ0n) is 11.7. The monoisotopic (exact) mass is 270 g/mol. The first-order valence-electron chi connectivity index (χ1n) is 6.81. The highest BCUT2D eigenvalue weighted by Gasteiger charge is 2.25. The lowest BCUT2D eigenvalue weighted by Gasteiger charge is -2.17. The summed E-state index contributed by atoms with van der Waals surface area (Å²) in [5.41, 5.74) is 4.64. The van der Waals surface area contributed by atoms with Gasteiger partial charge in [-0.3, -0.25) is 0 Å². The van der Waals surface area contributed by atoms with Crippen molar-refractivity contribution in [1.82, 2.24) is 4.57 Å². The second-order valence-corrected chi connectivity index (χ2v) is 6.68. The Hall–Kier alpha value is -1.53. The number of thiophene rings is 1. The maximum atomic E-state index is 9.55. The van der Waals surface area contributed by atoms with E-state index in [-0.39, 0.29) is 0 Å². The van der Waals surface area contributed by atoms with E-state index in [1.807, 2.05) is 11.3 Å². The minimum atomic E-state index is 0.748. The van der Waals surface area contributed by atoms with Crippen LogP contribution >= 0.6 is 11.3 Å². The normalized spacial score (nSPS) is 18.1. The van der Waals surface area contributed by atoms with Crippen LogP contribution in [0, 0.1) is 31.1 Å². The molecule has 0 fully saturated rings.